The maximum atomic E-state index is 12.2. The highest BCUT2D eigenvalue weighted by Crippen LogP contribution is 2.08. The lowest BCUT2D eigenvalue weighted by Crippen LogP contribution is -2.34. The van der Waals surface area contributed by atoms with Gasteiger partial charge in [0, 0.05) is 19.3 Å². The number of ether oxygens (including phenoxy) is 1. The molecule has 0 saturated carbocycles. The minimum absolute atomic E-state index is 0.153. The van der Waals surface area contributed by atoms with Gasteiger partial charge in [0.2, 0.25) is 0 Å². The Morgan fingerprint density at radius 1 is 1.44 bits per heavy atom. The van der Waals surface area contributed by atoms with Crippen molar-refractivity contribution in [3.05, 3.63) is 29.6 Å². The molecule has 0 aromatic carbocycles. The van der Waals surface area contributed by atoms with Crippen molar-refractivity contribution in [2.24, 2.45) is 0 Å². The second kappa shape index (κ2) is 6.74. The van der Waals surface area contributed by atoms with Crippen molar-refractivity contribution in [2.75, 3.05) is 20.2 Å². The van der Waals surface area contributed by atoms with E-state index in [2.05, 4.69) is 9.72 Å². The number of amides is 1. The van der Waals surface area contributed by atoms with Crippen LogP contribution in [0.1, 0.15) is 29.4 Å². The third kappa shape index (κ3) is 3.55. The average Bonchev–Trinajstić information content (AvgIpc) is 2.39. The van der Waals surface area contributed by atoms with E-state index in [0.717, 1.165) is 5.56 Å². The number of methoxy groups -OCH3 is 1. The topological polar surface area (TPSA) is 59.5 Å². The van der Waals surface area contributed by atoms with E-state index in [-0.39, 0.29) is 18.3 Å². The highest BCUT2D eigenvalue weighted by Gasteiger charge is 2.18. The fourth-order valence-electron chi connectivity index (χ4n) is 1.59. The van der Waals surface area contributed by atoms with Gasteiger partial charge in [-0.3, -0.25) is 14.6 Å². The molecule has 0 aliphatic carbocycles. The average molecular weight is 250 g/mol. The number of aryl methyl sites for hydroxylation is 1. The molecule has 0 unspecified atom stereocenters. The number of hydrogen-bond acceptors (Lipinski definition) is 4. The van der Waals surface area contributed by atoms with Gasteiger partial charge in [-0.25, -0.2) is 0 Å². The van der Waals surface area contributed by atoms with Crippen molar-refractivity contribution in [2.45, 2.75) is 20.3 Å². The van der Waals surface area contributed by atoms with E-state index in [0.29, 0.717) is 18.8 Å². The number of carbonyl (C=O) groups excluding carboxylic acids is 2. The number of pyridine rings is 1. The van der Waals surface area contributed by atoms with Gasteiger partial charge in [0.25, 0.3) is 5.91 Å². The summed E-state index contributed by atoms with van der Waals surface area (Å²) in [6.45, 7) is 4.59. The first-order valence-electron chi connectivity index (χ1n) is 5.87. The Balaban J connectivity index is 2.74. The van der Waals surface area contributed by atoms with Gasteiger partial charge in [-0.05, 0) is 25.5 Å². The third-order valence-corrected chi connectivity index (χ3v) is 2.69. The Kier molecular flexibility index (Phi) is 5.30. The molecule has 0 N–H and O–H groups in total. The Labute approximate surface area is 107 Å². The van der Waals surface area contributed by atoms with Crippen LogP contribution in [0.5, 0.6) is 0 Å². The van der Waals surface area contributed by atoms with Crippen molar-refractivity contribution < 1.29 is 14.3 Å². The van der Waals surface area contributed by atoms with E-state index in [1.54, 1.807) is 17.2 Å². The van der Waals surface area contributed by atoms with Crippen LogP contribution in [0.25, 0.3) is 0 Å². The summed E-state index contributed by atoms with van der Waals surface area (Å²) in [7, 11) is 1.34. The van der Waals surface area contributed by atoms with Gasteiger partial charge in [0.1, 0.15) is 5.69 Å². The number of nitrogens with zero attached hydrogens (tertiary/aromatic N) is 2. The molecule has 0 aliphatic rings. The maximum Gasteiger partial charge on any atom is 0.307 e. The van der Waals surface area contributed by atoms with Crippen LogP contribution in [0.3, 0.4) is 0 Å². The smallest absolute Gasteiger partial charge is 0.307 e. The zero-order valence-corrected chi connectivity index (χ0v) is 11.0. The molecule has 5 heteroatoms. The Hall–Kier alpha value is -1.91. The van der Waals surface area contributed by atoms with Crippen LogP contribution in [0.15, 0.2) is 18.3 Å². The molecular weight excluding hydrogens is 232 g/mol. The van der Waals surface area contributed by atoms with Gasteiger partial charge >= 0.3 is 5.97 Å². The van der Waals surface area contributed by atoms with Crippen molar-refractivity contribution in [1.29, 1.82) is 0 Å². The molecule has 0 bridgehead atoms. The predicted molar refractivity (Wildman–Crippen MR) is 67.2 cm³/mol. The van der Waals surface area contributed by atoms with Crippen molar-refractivity contribution in [3.8, 4) is 0 Å². The molecule has 0 saturated heterocycles. The van der Waals surface area contributed by atoms with Crippen LogP contribution in [0.4, 0.5) is 0 Å². The number of esters is 1. The van der Waals surface area contributed by atoms with Crippen molar-refractivity contribution in [1.82, 2.24) is 9.88 Å². The number of aromatic nitrogens is 1. The largest absolute Gasteiger partial charge is 0.469 e. The van der Waals surface area contributed by atoms with Crippen LogP contribution < -0.4 is 0 Å². The van der Waals surface area contributed by atoms with Crippen molar-refractivity contribution >= 4 is 11.9 Å². The van der Waals surface area contributed by atoms with E-state index in [1.807, 2.05) is 19.9 Å². The van der Waals surface area contributed by atoms with Gasteiger partial charge in [-0.1, -0.05) is 6.07 Å². The monoisotopic (exact) mass is 250 g/mol. The summed E-state index contributed by atoms with van der Waals surface area (Å²) in [4.78, 5) is 29.0. The molecule has 1 rings (SSSR count). The summed E-state index contributed by atoms with van der Waals surface area (Å²) >= 11 is 0. The summed E-state index contributed by atoms with van der Waals surface area (Å²) in [5.74, 6) is -0.474. The number of hydrogen-bond donors (Lipinski definition) is 0. The molecule has 0 spiro atoms. The van der Waals surface area contributed by atoms with Gasteiger partial charge in [0.15, 0.2) is 0 Å². The Bertz CT molecular complexity index is 432. The molecular formula is C13H18N2O3. The van der Waals surface area contributed by atoms with Crippen LogP contribution in [0.2, 0.25) is 0 Å². The third-order valence-electron chi connectivity index (χ3n) is 2.69. The fraction of sp³-hybridized carbons (Fsp3) is 0.462. The molecule has 5 nitrogen and oxygen atoms in total. The molecule has 0 atom stereocenters. The zero-order chi connectivity index (χ0) is 13.5. The number of rotatable bonds is 5. The molecule has 98 valence electrons. The van der Waals surface area contributed by atoms with E-state index in [9.17, 15) is 9.59 Å². The first-order valence-corrected chi connectivity index (χ1v) is 5.87. The van der Waals surface area contributed by atoms with Crippen LogP contribution in [-0.2, 0) is 9.53 Å². The summed E-state index contributed by atoms with van der Waals surface area (Å²) in [5, 5.41) is 0. The molecule has 1 heterocycles. The van der Waals surface area contributed by atoms with Gasteiger partial charge in [0.05, 0.1) is 13.5 Å². The minimum atomic E-state index is -0.320. The first kappa shape index (κ1) is 14.2. The number of carbonyl (C=O) groups is 2. The highest BCUT2D eigenvalue weighted by atomic mass is 16.5. The quantitative estimate of drug-likeness (QED) is 0.741. The standard InChI is InChI=1S/C13H18N2O3/c1-4-15(9-7-11(16)18-3)13(17)12-10(2)6-5-8-14-12/h5-6,8H,4,7,9H2,1-3H3. The highest BCUT2D eigenvalue weighted by molar-refractivity contribution is 5.93. The Morgan fingerprint density at radius 2 is 2.17 bits per heavy atom. The normalized spacial score (nSPS) is 9.94. The SMILES string of the molecule is CCN(CCC(=O)OC)C(=O)c1ncccc1C. The van der Waals surface area contributed by atoms with Crippen LogP contribution in [-0.4, -0.2) is 42.0 Å². The molecule has 0 radical (unpaired) electrons. The molecule has 1 amide bonds. The van der Waals surface area contributed by atoms with Crippen LogP contribution >= 0.6 is 0 Å². The lowest BCUT2D eigenvalue weighted by molar-refractivity contribution is -0.140. The summed E-state index contributed by atoms with van der Waals surface area (Å²) in [5.41, 5.74) is 1.27. The van der Waals surface area contributed by atoms with E-state index in [1.165, 1.54) is 7.11 Å². The molecule has 0 fully saturated rings. The summed E-state index contributed by atoms with van der Waals surface area (Å²) < 4.78 is 4.56. The summed E-state index contributed by atoms with van der Waals surface area (Å²) in [6.07, 6.45) is 1.79. The molecule has 1 aromatic heterocycles. The lowest BCUT2D eigenvalue weighted by Gasteiger charge is -2.20. The predicted octanol–water partition coefficient (Wildman–Crippen LogP) is 1.42. The molecule has 0 aliphatic heterocycles. The minimum Gasteiger partial charge on any atom is -0.469 e. The zero-order valence-electron chi connectivity index (χ0n) is 11.0. The van der Waals surface area contributed by atoms with Gasteiger partial charge in [-0.15, -0.1) is 0 Å². The van der Waals surface area contributed by atoms with Crippen molar-refractivity contribution in [3.63, 3.8) is 0 Å². The van der Waals surface area contributed by atoms with E-state index < -0.39 is 0 Å². The van der Waals surface area contributed by atoms with E-state index in [4.69, 9.17) is 0 Å². The molecule has 1 aromatic rings. The molecule has 18 heavy (non-hydrogen) atoms. The van der Waals surface area contributed by atoms with Gasteiger partial charge in [-0.2, -0.15) is 0 Å². The van der Waals surface area contributed by atoms with Gasteiger partial charge < -0.3 is 9.64 Å². The maximum absolute atomic E-state index is 12.2. The summed E-state index contributed by atoms with van der Waals surface area (Å²) in [6, 6.07) is 3.63. The van der Waals surface area contributed by atoms with Crippen LogP contribution in [0, 0.1) is 6.92 Å². The van der Waals surface area contributed by atoms with E-state index >= 15 is 0 Å². The lowest BCUT2D eigenvalue weighted by atomic mass is 10.2. The second-order valence-electron chi connectivity index (χ2n) is 3.88. The second-order valence-corrected chi connectivity index (χ2v) is 3.88. The Morgan fingerprint density at radius 3 is 2.72 bits per heavy atom. The fourth-order valence-corrected chi connectivity index (χ4v) is 1.59. The first-order chi connectivity index (χ1) is 8.60.